The van der Waals surface area contributed by atoms with Crippen LogP contribution in [-0.4, -0.2) is 5.91 Å². The maximum Gasteiger partial charge on any atom is 0.255 e. The number of hydrogen-bond donors (Lipinski definition) is 2. The zero-order valence-corrected chi connectivity index (χ0v) is 9.28. The summed E-state index contributed by atoms with van der Waals surface area (Å²) in [6, 6.07) is 9.12. The topological polar surface area (TPSA) is 55.1 Å². The number of nitrogens with two attached hydrogens (primary N) is 1. The summed E-state index contributed by atoms with van der Waals surface area (Å²) in [7, 11) is 0. The average molecular weight is 248 g/mol. The second-order valence-electron chi connectivity index (χ2n) is 3.70. The second-order valence-corrected chi connectivity index (χ2v) is 3.70. The Morgan fingerprint density at radius 1 is 1.06 bits per heavy atom. The Labute approximate surface area is 102 Å². The molecule has 0 spiro atoms. The minimum Gasteiger partial charge on any atom is -0.399 e. The molecule has 92 valence electrons. The van der Waals surface area contributed by atoms with Crippen molar-refractivity contribution < 1.29 is 13.6 Å². The molecule has 0 aliphatic carbocycles. The van der Waals surface area contributed by atoms with Crippen molar-refractivity contribution >= 4 is 17.3 Å². The summed E-state index contributed by atoms with van der Waals surface area (Å²) in [6.07, 6.45) is 0. The Morgan fingerprint density at radius 2 is 1.72 bits per heavy atom. The molecule has 2 aromatic carbocycles. The molecule has 0 aliphatic heterocycles. The van der Waals surface area contributed by atoms with Crippen molar-refractivity contribution in [3.63, 3.8) is 0 Å². The fourth-order valence-electron chi connectivity index (χ4n) is 1.42. The van der Waals surface area contributed by atoms with E-state index in [1.165, 1.54) is 18.2 Å². The highest BCUT2D eigenvalue weighted by Gasteiger charge is 2.09. The summed E-state index contributed by atoms with van der Waals surface area (Å²) >= 11 is 0. The van der Waals surface area contributed by atoms with E-state index in [2.05, 4.69) is 5.32 Å². The number of nitrogens with one attached hydrogen (secondary N) is 1. The van der Waals surface area contributed by atoms with Crippen LogP contribution in [-0.2, 0) is 0 Å². The van der Waals surface area contributed by atoms with Crippen LogP contribution < -0.4 is 11.1 Å². The van der Waals surface area contributed by atoms with Crippen LogP contribution in [0.2, 0.25) is 0 Å². The highest BCUT2D eigenvalue weighted by molar-refractivity contribution is 6.04. The summed E-state index contributed by atoms with van der Waals surface area (Å²) in [5, 5.41) is 2.35. The highest BCUT2D eigenvalue weighted by atomic mass is 19.1. The van der Waals surface area contributed by atoms with Crippen LogP contribution in [0.4, 0.5) is 20.2 Å². The van der Waals surface area contributed by atoms with Crippen LogP contribution in [0.5, 0.6) is 0 Å². The summed E-state index contributed by atoms with van der Waals surface area (Å²) < 4.78 is 26.0. The highest BCUT2D eigenvalue weighted by Crippen LogP contribution is 2.16. The minimum atomic E-state index is -0.821. The van der Waals surface area contributed by atoms with E-state index in [0.717, 1.165) is 6.07 Å². The van der Waals surface area contributed by atoms with Crippen LogP contribution >= 0.6 is 0 Å². The van der Waals surface area contributed by atoms with Crippen molar-refractivity contribution in [3.05, 3.63) is 59.7 Å². The van der Waals surface area contributed by atoms with Crippen LogP contribution in [0, 0.1) is 11.6 Å². The molecule has 0 unspecified atom stereocenters. The van der Waals surface area contributed by atoms with E-state index in [9.17, 15) is 13.6 Å². The van der Waals surface area contributed by atoms with Crippen LogP contribution in [0.15, 0.2) is 42.5 Å². The molecule has 1 amide bonds. The second kappa shape index (κ2) is 4.83. The standard InChI is InChI=1S/C13H10F2N2O/c14-9-3-6-12(11(15)7-9)17-13(18)8-1-4-10(16)5-2-8/h1-7H,16H2,(H,17,18). The zero-order valence-electron chi connectivity index (χ0n) is 9.28. The molecule has 0 bridgehead atoms. The first kappa shape index (κ1) is 12.0. The quantitative estimate of drug-likeness (QED) is 0.803. The van der Waals surface area contributed by atoms with Crippen LogP contribution in [0.25, 0.3) is 0 Å². The van der Waals surface area contributed by atoms with Gasteiger partial charge in [-0.2, -0.15) is 0 Å². The molecule has 5 heteroatoms. The van der Waals surface area contributed by atoms with Gasteiger partial charge in [0.1, 0.15) is 11.6 Å². The Morgan fingerprint density at radius 3 is 2.33 bits per heavy atom. The molecule has 0 heterocycles. The number of amides is 1. The Hall–Kier alpha value is -2.43. The van der Waals surface area contributed by atoms with Crippen molar-refractivity contribution in [2.45, 2.75) is 0 Å². The zero-order chi connectivity index (χ0) is 13.1. The van der Waals surface area contributed by atoms with Crippen molar-refractivity contribution in [2.75, 3.05) is 11.1 Å². The molecule has 2 aromatic rings. The number of nitrogen functional groups attached to an aromatic ring is 1. The molecule has 0 atom stereocenters. The fraction of sp³-hybridized carbons (Fsp3) is 0. The van der Waals surface area contributed by atoms with Crippen molar-refractivity contribution in [3.8, 4) is 0 Å². The van der Waals surface area contributed by atoms with E-state index in [0.29, 0.717) is 17.3 Å². The van der Waals surface area contributed by atoms with Crippen LogP contribution in [0.1, 0.15) is 10.4 Å². The summed E-state index contributed by atoms with van der Waals surface area (Å²) in [4.78, 5) is 11.8. The Bertz CT molecular complexity index is 582. The smallest absolute Gasteiger partial charge is 0.255 e. The number of anilines is 2. The average Bonchev–Trinajstić information content (AvgIpc) is 2.33. The van der Waals surface area contributed by atoms with Crippen LogP contribution in [0.3, 0.4) is 0 Å². The van der Waals surface area contributed by atoms with E-state index in [-0.39, 0.29) is 5.69 Å². The van der Waals surface area contributed by atoms with Gasteiger partial charge in [0, 0.05) is 17.3 Å². The van der Waals surface area contributed by atoms with Crippen molar-refractivity contribution in [2.24, 2.45) is 0 Å². The number of rotatable bonds is 2. The third kappa shape index (κ3) is 2.63. The van der Waals surface area contributed by atoms with E-state index in [4.69, 9.17) is 5.73 Å². The Kier molecular flexibility index (Phi) is 3.23. The van der Waals surface area contributed by atoms with Crippen molar-refractivity contribution in [1.82, 2.24) is 0 Å². The van der Waals surface area contributed by atoms with Gasteiger partial charge in [-0.3, -0.25) is 4.79 Å². The SMILES string of the molecule is Nc1ccc(C(=O)Nc2ccc(F)cc2F)cc1. The predicted molar refractivity (Wildman–Crippen MR) is 65.2 cm³/mol. The number of carbonyl (C=O) groups excluding carboxylic acids is 1. The van der Waals surface area contributed by atoms with Gasteiger partial charge in [-0.15, -0.1) is 0 Å². The third-order valence-electron chi connectivity index (χ3n) is 2.35. The predicted octanol–water partition coefficient (Wildman–Crippen LogP) is 2.80. The lowest BCUT2D eigenvalue weighted by Crippen LogP contribution is -2.13. The molecule has 0 aromatic heterocycles. The fourth-order valence-corrected chi connectivity index (χ4v) is 1.42. The first-order valence-corrected chi connectivity index (χ1v) is 5.18. The van der Waals surface area contributed by atoms with Gasteiger partial charge in [0.15, 0.2) is 0 Å². The summed E-state index contributed by atoms with van der Waals surface area (Å²) in [5.41, 5.74) is 6.28. The molecular formula is C13H10F2N2O. The molecule has 18 heavy (non-hydrogen) atoms. The third-order valence-corrected chi connectivity index (χ3v) is 2.35. The maximum atomic E-state index is 13.3. The first-order valence-electron chi connectivity index (χ1n) is 5.18. The van der Waals surface area contributed by atoms with E-state index >= 15 is 0 Å². The molecule has 0 radical (unpaired) electrons. The monoisotopic (exact) mass is 248 g/mol. The molecular weight excluding hydrogens is 238 g/mol. The van der Waals surface area contributed by atoms with Gasteiger partial charge >= 0.3 is 0 Å². The molecule has 0 saturated heterocycles. The van der Waals surface area contributed by atoms with Gasteiger partial charge < -0.3 is 11.1 Å². The lowest BCUT2D eigenvalue weighted by atomic mass is 10.2. The minimum absolute atomic E-state index is 0.0711. The molecule has 0 fully saturated rings. The lowest BCUT2D eigenvalue weighted by molar-refractivity contribution is 0.102. The molecule has 3 nitrogen and oxygen atoms in total. The largest absolute Gasteiger partial charge is 0.399 e. The van der Waals surface area contributed by atoms with Gasteiger partial charge in [-0.1, -0.05) is 0 Å². The maximum absolute atomic E-state index is 13.3. The number of halogens is 2. The van der Waals surface area contributed by atoms with E-state index in [1.807, 2.05) is 0 Å². The number of carbonyl (C=O) groups is 1. The van der Waals surface area contributed by atoms with Gasteiger partial charge in [-0.25, -0.2) is 8.78 Å². The van der Waals surface area contributed by atoms with E-state index < -0.39 is 17.5 Å². The van der Waals surface area contributed by atoms with E-state index in [1.54, 1.807) is 12.1 Å². The molecule has 2 rings (SSSR count). The van der Waals surface area contributed by atoms with Gasteiger partial charge in [-0.05, 0) is 36.4 Å². The normalized spacial score (nSPS) is 10.1. The Balaban J connectivity index is 2.18. The number of hydrogen-bond acceptors (Lipinski definition) is 2. The summed E-state index contributed by atoms with van der Waals surface area (Å²) in [5.74, 6) is -2.00. The van der Waals surface area contributed by atoms with Gasteiger partial charge in [0.2, 0.25) is 0 Å². The lowest BCUT2D eigenvalue weighted by Gasteiger charge is -2.06. The first-order chi connectivity index (χ1) is 8.56. The molecule has 0 saturated carbocycles. The van der Waals surface area contributed by atoms with Crippen molar-refractivity contribution in [1.29, 1.82) is 0 Å². The summed E-state index contributed by atoms with van der Waals surface area (Å²) in [6.45, 7) is 0. The molecule has 3 N–H and O–H groups in total. The van der Waals surface area contributed by atoms with Gasteiger partial charge in [0.05, 0.1) is 5.69 Å². The number of benzene rings is 2. The van der Waals surface area contributed by atoms with Gasteiger partial charge in [0.25, 0.3) is 5.91 Å². The molecule has 0 aliphatic rings.